The van der Waals surface area contributed by atoms with Gasteiger partial charge in [-0.1, -0.05) is 12.1 Å². The highest BCUT2D eigenvalue weighted by atomic mass is 16.3. The largest absolute Gasteiger partial charge is 0.508 e. The number of rotatable bonds is 3. The molecule has 5 nitrogen and oxygen atoms in total. The number of nitrogens with zero attached hydrogens (tertiary/aromatic N) is 1. The van der Waals surface area contributed by atoms with Crippen LogP contribution in [0.5, 0.6) is 5.75 Å². The van der Waals surface area contributed by atoms with Crippen LogP contribution in [0.25, 0.3) is 0 Å². The Morgan fingerprint density at radius 2 is 2.15 bits per heavy atom. The van der Waals surface area contributed by atoms with E-state index in [2.05, 4.69) is 5.32 Å². The topological polar surface area (TPSA) is 72.8 Å². The molecule has 2 fully saturated rings. The minimum Gasteiger partial charge on any atom is -0.508 e. The number of phenolic OH excluding ortho intramolecular Hbond substituents is 1. The van der Waals surface area contributed by atoms with Crippen LogP contribution >= 0.6 is 0 Å². The molecule has 0 radical (unpaired) electrons. The van der Waals surface area contributed by atoms with Gasteiger partial charge in [-0.2, -0.15) is 0 Å². The molecule has 0 aromatic heterocycles. The zero-order valence-electron chi connectivity index (χ0n) is 11.5. The van der Waals surface area contributed by atoms with E-state index in [0.717, 1.165) is 18.4 Å². The van der Waals surface area contributed by atoms with Crippen molar-refractivity contribution in [1.82, 2.24) is 10.2 Å². The van der Waals surface area contributed by atoms with Crippen molar-refractivity contribution in [3.05, 3.63) is 29.8 Å². The average Bonchev–Trinajstić information content (AvgIpc) is 3.19. The molecular formula is C15H20N2O3. The molecule has 3 N–H and O–H groups in total. The summed E-state index contributed by atoms with van der Waals surface area (Å²) in [5.41, 5.74) is 0.210. The van der Waals surface area contributed by atoms with Crippen LogP contribution < -0.4 is 5.32 Å². The van der Waals surface area contributed by atoms with Gasteiger partial charge < -0.3 is 20.4 Å². The van der Waals surface area contributed by atoms with Crippen LogP contribution in [-0.2, 0) is 0 Å². The summed E-state index contributed by atoms with van der Waals surface area (Å²) in [7, 11) is 0. The van der Waals surface area contributed by atoms with E-state index in [-0.39, 0.29) is 17.8 Å². The van der Waals surface area contributed by atoms with E-state index in [0.29, 0.717) is 19.0 Å². The molecule has 1 atom stereocenters. The number of nitrogens with one attached hydrogen (secondary N) is 1. The molecule has 1 aromatic carbocycles. The highest BCUT2D eigenvalue weighted by Gasteiger charge is 2.53. The summed E-state index contributed by atoms with van der Waals surface area (Å²) >= 11 is 0. The Balaban J connectivity index is 1.54. The average molecular weight is 276 g/mol. The third-order valence-electron chi connectivity index (χ3n) is 4.26. The van der Waals surface area contributed by atoms with Crippen LogP contribution in [0.3, 0.4) is 0 Å². The molecule has 20 heavy (non-hydrogen) atoms. The smallest absolute Gasteiger partial charge is 0.318 e. The van der Waals surface area contributed by atoms with Crippen molar-refractivity contribution in [2.45, 2.75) is 31.4 Å². The summed E-state index contributed by atoms with van der Waals surface area (Å²) in [5.74, 6) is 0.575. The number of benzene rings is 1. The molecule has 3 rings (SSSR count). The van der Waals surface area contributed by atoms with Crippen molar-refractivity contribution in [3.63, 3.8) is 0 Å². The summed E-state index contributed by atoms with van der Waals surface area (Å²) in [5, 5.41) is 22.5. The molecule has 0 unspecified atom stereocenters. The Bertz CT molecular complexity index is 522. The summed E-state index contributed by atoms with van der Waals surface area (Å²) in [6, 6.07) is 6.52. The lowest BCUT2D eigenvalue weighted by molar-refractivity contribution is -0.0920. The van der Waals surface area contributed by atoms with E-state index in [1.807, 2.05) is 13.0 Å². The first-order valence-corrected chi connectivity index (χ1v) is 7.05. The molecule has 0 bridgehead atoms. The number of aliphatic hydroxyl groups is 1. The molecule has 2 aliphatic rings. The fourth-order valence-electron chi connectivity index (χ4n) is 2.79. The minimum atomic E-state index is -0.647. The van der Waals surface area contributed by atoms with Gasteiger partial charge in [0.05, 0.1) is 19.1 Å². The second kappa shape index (κ2) is 4.66. The van der Waals surface area contributed by atoms with Gasteiger partial charge in [-0.05, 0) is 43.4 Å². The van der Waals surface area contributed by atoms with Gasteiger partial charge in [0, 0.05) is 0 Å². The molecule has 1 saturated heterocycles. The number of β-amino-alcohol motifs (C(OH)–C–C–N with tert-alkyl or cyclic N) is 1. The van der Waals surface area contributed by atoms with Crippen molar-refractivity contribution >= 4 is 6.03 Å². The number of hydrogen-bond donors (Lipinski definition) is 3. The number of carbonyl (C=O) groups excluding carboxylic acids is 1. The van der Waals surface area contributed by atoms with Gasteiger partial charge in [-0.25, -0.2) is 4.79 Å². The van der Waals surface area contributed by atoms with Gasteiger partial charge in [-0.15, -0.1) is 0 Å². The van der Waals surface area contributed by atoms with E-state index in [1.165, 1.54) is 0 Å². The second-order valence-electron chi connectivity index (χ2n) is 6.00. The first-order valence-electron chi connectivity index (χ1n) is 7.05. The standard InChI is InChI=1S/C15H20N2O3/c1-10(11-3-2-4-13(18)7-11)16-14(19)17-8-15(20,9-17)12-5-6-12/h2-4,7,10,12,18,20H,5-6,8-9H2,1H3,(H,16,19)/t10-/m1/s1. The van der Waals surface area contributed by atoms with Crippen molar-refractivity contribution in [1.29, 1.82) is 0 Å². The van der Waals surface area contributed by atoms with Crippen LogP contribution in [0, 0.1) is 5.92 Å². The van der Waals surface area contributed by atoms with Gasteiger partial charge in [-0.3, -0.25) is 0 Å². The molecule has 5 heteroatoms. The molecule has 0 spiro atoms. The van der Waals surface area contributed by atoms with Crippen molar-refractivity contribution in [2.75, 3.05) is 13.1 Å². The Kier molecular flexibility index (Phi) is 3.09. The fraction of sp³-hybridized carbons (Fsp3) is 0.533. The lowest BCUT2D eigenvalue weighted by Gasteiger charge is -2.47. The summed E-state index contributed by atoms with van der Waals surface area (Å²) in [6.45, 7) is 2.73. The summed E-state index contributed by atoms with van der Waals surface area (Å²) in [6.07, 6.45) is 2.15. The van der Waals surface area contributed by atoms with Crippen LogP contribution in [-0.4, -0.2) is 39.8 Å². The number of amides is 2. The normalized spacial score (nSPS) is 22.0. The Hall–Kier alpha value is -1.75. The molecule has 1 saturated carbocycles. The maximum atomic E-state index is 12.1. The van der Waals surface area contributed by atoms with Gasteiger partial charge >= 0.3 is 6.03 Å². The third-order valence-corrected chi connectivity index (χ3v) is 4.26. The first kappa shape index (κ1) is 13.2. The molecule has 2 amide bonds. The van der Waals surface area contributed by atoms with Crippen molar-refractivity contribution in [2.24, 2.45) is 5.92 Å². The molecular weight excluding hydrogens is 256 g/mol. The van der Waals surface area contributed by atoms with Crippen molar-refractivity contribution < 1.29 is 15.0 Å². The zero-order chi connectivity index (χ0) is 14.3. The number of aromatic hydroxyl groups is 1. The van der Waals surface area contributed by atoms with Gasteiger partial charge in [0.25, 0.3) is 0 Å². The Morgan fingerprint density at radius 3 is 2.75 bits per heavy atom. The maximum Gasteiger partial charge on any atom is 0.318 e. The minimum absolute atomic E-state index is 0.161. The number of hydrogen-bond acceptors (Lipinski definition) is 3. The van der Waals surface area contributed by atoms with Gasteiger partial charge in [0.1, 0.15) is 11.4 Å². The summed E-state index contributed by atoms with van der Waals surface area (Å²) < 4.78 is 0. The van der Waals surface area contributed by atoms with Gasteiger partial charge in [0.2, 0.25) is 0 Å². The Labute approximate surface area is 118 Å². The molecule has 1 aliphatic carbocycles. The lowest BCUT2D eigenvalue weighted by Crippen LogP contribution is -2.66. The van der Waals surface area contributed by atoms with Crippen molar-refractivity contribution in [3.8, 4) is 5.75 Å². The molecule has 1 heterocycles. The number of carbonyl (C=O) groups is 1. The summed E-state index contributed by atoms with van der Waals surface area (Å²) in [4.78, 5) is 13.7. The van der Waals surface area contributed by atoms with Crippen LogP contribution in [0.15, 0.2) is 24.3 Å². The first-order chi connectivity index (χ1) is 9.48. The van der Waals surface area contributed by atoms with E-state index in [1.54, 1.807) is 23.1 Å². The van der Waals surface area contributed by atoms with E-state index in [9.17, 15) is 15.0 Å². The van der Waals surface area contributed by atoms with Crippen LogP contribution in [0.1, 0.15) is 31.4 Å². The third kappa shape index (κ3) is 2.45. The molecule has 1 aliphatic heterocycles. The van der Waals surface area contributed by atoms with E-state index >= 15 is 0 Å². The van der Waals surface area contributed by atoms with E-state index in [4.69, 9.17) is 0 Å². The molecule has 1 aromatic rings. The van der Waals surface area contributed by atoms with Crippen LogP contribution in [0.2, 0.25) is 0 Å². The fourth-order valence-corrected chi connectivity index (χ4v) is 2.79. The highest BCUT2D eigenvalue weighted by molar-refractivity contribution is 5.76. The quantitative estimate of drug-likeness (QED) is 0.785. The second-order valence-corrected chi connectivity index (χ2v) is 6.00. The lowest BCUT2D eigenvalue weighted by atomic mass is 9.89. The predicted molar refractivity (Wildman–Crippen MR) is 74.3 cm³/mol. The molecule has 108 valence electrons. The number of urea groups is 1. The van der Waals surface area contributed by atoms with E-state index < -0.39 is 5.60 Å². The maximum absolute atomic E-state index is 12.1. The number of likely N-dealkylation sites (tertiary alicyclic amines) is 1. The van der Waals surface area contributed by atoms with Crippen LogP contribution in [0.4, 0.5) is 4.79 Å². The number of phenols is 1. The predicted octanol–water partition coefficient (Wildman–Crippen LogP) is 1.62. The zero-order valence-corrected chi connectivity index (χ0v) is 11.5. The SMILES string of the molecule is C[C@@H](NC(=O)N1CC(O)(C2CC2)C1)c1cccc(O)c1. The Morgan fingerprint density at radius 1 is 1.45 bits per heavy atom. The highest BCUT2D eigenvalue weighted by Crippen LogP contribution is 2.44. The monoisotopic (exact) mass is 276 g/mol. The van der Waals surface area contributed by atoms with Gasteiger partial charge in [0.15, 0.2) is 0 Å².